The van der Waals surface area contributed by atoms with Crippen molar-refractivity contribution in [1.82, 2.24) is 14.9 Å². The molecule has 0 unspecified atom stereocenters. The highest BCUT2D eigenvalue weighted by Crippen LogP contribution is 2.21. The lowest BCUT2D eigenvalue weighted by Crippen LogP contribution is -2.44. The van der Waals surface area contributed by atoms with Gasteiger partial charge in [-0.15, -0.1) is 0 Å². The molecule has 128 valence electrons. The van der Waals surface area contributed by atoms with Crippen LogP contribution in [-0.4, -0.2) is 52.4 Å². The van der Waals surface area contributed by atoms with E-state index in [2.05, 4.69) is 9.97 Å². The molecule has 0 aromatic carbocycles. The molecule has 1 aliphatic heterocycles. The molecule has 2 heterocycles. The van der Waals surface area contributed by atoms with Crippen molar-refractivity contribution in [1.29, 1.82) is 0 Å². The van der Waals surface area contributed by atoms with Crippen LogP contribution in [0.5, 0.6) is 11.8 Å². The Labute approximate surface area is 137 Å². The summed E-state index contributed by atoms with van der Waals surface area (Å²) < 4.78 is 16.6. The molecule has 1 amide bonds. The summed E-state index contributed by atoms with van der Waals surface area (Å²) in [6.07, 6.45) is 2.67. The molecule has 0 aliphatic carbocycles. The third-order valence-corrected chi connectivity index (χ3v) is 3.29. The summed E-state index contributed by atoms with van der Waals surface area (Å²) >= 11 is 0. The first-order chi connectivity index (χ1) is 10.9. The van der Waals surface area contributed by atoms with Crippen molar-refractivity contribution in [3.8, 4) is 11.8 Å². The number of hydrogen-bond donors (Lipinski definition) is 0. The van der Waals surface area contributed by atoms with Crippen LogP contribution in [-0.2, 0) is 4.74 Å². The smallest absolute Gasteiger partial charge is 0.410 e. The Balaban J connectivity index is 1.83. The fourth-order valence-electron chi connectivity index (χ4n) is 2.27. The molecule has 0 N–H and O–H groups in total. The quantitative estimate of drug-likeness (QED) is 0.848. The van der Waals surface area contributed by atoms with E-state index in [-0.39, 0.29) is 12.2 Å². The van der Waals surface area contributed by atoms with Crippen LogP contribution < -0.4 is 9.47 Å². The van der Waals surface area contributed by atoms with Crippen molar-refractivity contribution in [2.45, 2.75) is 52.2 Å². The molecule has 1 saturated heterocycles. The van der Waals surface area contributed by atoms with Crippen LogP contribution in [0.15, 0.2) is 12.4 Å². The molecule has 0 bridgehead atoms. The van der Waals surface area contributed by atoms with Crippen LogP contribution in [0.3, 0.4) is 0 Å². The maximum atomic E-state index is 12.0. The highest BCUT2D eigenvalue weighted by molar-refractivity contribution is 5.68. The van der Waals surface area contributed by atoms with E-state index in [9.17, 15) is 4.79 Å². The van der Waals surface area contributed by atoms with Crippen LogP contribution in [0.1, 0.15) is 40.5 Å². The number of hydrogen-bond acceptors (Lipinski definition) is 6. The molecule has 0 spiro atoms. The van der Waals surface area contributed by atoms with E-state index in [1.165, 1.54) is 6.33 Å². The largest absolute Gasteiger partial charge is 0.478 e. The highest BCUT2D eigenvalue weighted by Gasteiger charge is 2.27. The molecule has 7 nitrogen and oxygen atoms in total. The van der Waals surface area contributed by atoms with Crippen molar-refractivity contribution in [3.63, 3.8) is 0 Å². The number of carbonyl (C=O) groups is 1. The van der Waals surface area contributed by atoms with Crippen LogP contribution in [0.2, 0.25) is 0 Å². The fraction of sp³-hybridized carbons (Fsp3) is 0.688. The zero-order valence-corrected chi connectivity index (χ0v) is 14.2. The zero-order valence-electron chi connectivity index (χ0n) is 14.2. The van der Waals surface area contributed by atoms with Gasteiger partial charge in [-0.05, 0) is 27.7 Å². The number of ether oxygens (including phenoxy) is 3. The first kappa shape index (κ1) is 17.3. The second-order valence-corrected chi connectivity index (χ2v) is 6.41. The number of rotatable bonds is 4. The van der Waals surface area contributed by atoms with Gasteiger partial charge in [0.15, 0.2) is 0 Å². The Bertz CT molecular complexity index is 522. The second-order valence-electron chi connectivity index (χ2n) is 6.41. The van der Waals surface area contributed by atoms with E-state index in [1.54, 1.807) is 11.0 Å². The standard InChI is InChI=1S/C16H25N3O4/c1-5-21-13-10-14(18-11-17-13)22-12-6-8-19(9-7-12)15(20)23-16(2,3)4/h10-12H,5-9H2,1-4H3. The third kappa shape index (κ3) is 5.58. The Kier molecular flexibility index (Phi) is 5.63. The lowest BCUT2D eigenvalue weighted by molar-refractivity contribution is 0.0123. The minimum atomic E-state index is -0.471. The molecule has 1 aromatic rings. The summed E-state index contributed by atoms with van der Waals surface area (Å²) in [6, 6.07) is 1.68. The molecular formula is C16H25N3O4. The van der Waals surface area contributed by atoms with Crippen molar-refractivity contribution >= 4 is 6.09 Å². The average Bonchev–Trinajstić information content (AvgIpc) is 2.47. The van der Waals surface area contributed by atoms with Crippen molar-refractivity contribution in [2.75, 3.05) is 19.7 Å². The van der Waals surface area contributed by atoms with Gasteiger partial charge in [0.25, 0.3) is 0 Å². The molecule has 0 radical (unpaired) electrons. The predicted octanol–water partition coefficient (Wildman–Crippen LogP) is 2.65. The Morgan fingerprint density at radius 2 is 1.91 bits per heavy atom. The zero-order chi connectivity index (χ0) is 16.9. The van der Waals surface area contributed by atoms with Crippen molar-refractivity contribution in [2.24, 2.45) is 0 Å². The van der Waals surface area contributed by atoms with E-state index < -0.39 is 5.60 Å². The molecule has 0 saturated carbocycles. The minimum absolute atomic E-state index is 0.0260. The van der Waals surface area contributed by atoms with Gasteiger partial charge in [-0.1, -0.05) is 0 Å². The lowest BCUT2D eigenvalue weighted by Gasteiger charge is -2.33. The maximum Gasteiger partial charge on any atom is 0.410 e. The van der Waals surface area contributed by atoms with Gasteiger partial charge in [0.2, 0.25) is 11.8 Å². The summed E-state index contributed by atoms with van der Waals surface area (Å²) in [5.41, 5.74) is -0.471. The summed E-state index contributed by atoms with van der Waals surface area (Å²) in [5.74, 6) is 1.00. The molecule has 23 heavy (non-hydrogen) atoms. The average molecular weight is 323 g/mol. The van der Waals surface area contributed by atoms with Gasteiger partial charge < -0.3 is 19.1 Å². The molecule has 1 aromatic heterocycles. The molecule has 1 fully saturated rings. The maximum absolute atomic E-state index is 12.0. The van der Waals surface area contributed by atoms with E-state index in [1.807, 2.05) is 27.7 Å². The lowest BCUT2D eigenvalue weighted by atomic mass is 10.1. The van der Waals surface area contributed by atoms with Crippen LogP contribution in [0.25, 0.3) is 0 Å². The summed E-state index contributed by atoms with van der Waals surface area (Å²) in [6.45, 7) is 9.27. The number of piperidine rings is 1. The van der Waals surface area contributed by atoms with Gasteiger partial charge in [0, 0.05) is 25.9 Å². The summed E-state index contributed by atoms with van der Waals surface area (Å²) in [5, 5.41) is 0. The molecule has 2 rings (SSSR count). The van der Waals surface area contributed by atoms with Crippen molar-refractivity contribution in [3.05, 3.63) is 12.4 Å². The van der Waals surface area contributed by atoms with Crippen LogP contribution in [0.4, 0.5) is 4.79 Å². The minimum Gasteiger partial charge on any atom is -0.478 e. The third-order valence-electron chi connectivity index (χ3n) is 3.29. The first-order valence-corrected chi connectivity index (χ1v) is 7.97. The molecular weight excluding hydrogens is 298 g/mol. The van der Waals surface area contributed by atoms with E-state index in [0.29, 0.717) is 31.5 Å². The van der Waals surface area contributed by atoms with Gasteiger partial charge in [-0.3, -0.25) is 0 Å². The monoisotopic (exact) mass is 323 g/mol. The molecule has 7 heteroatoms. The van der Waals surface area contributed by atoms with E-state index in [0.717, 1.165) is 12.8 Å². The SMILES string of the molecule is CCOc1cc(OC2CCN(C(=O)OC(C)(C)C)CC2)ncn1. The number of carbonyl (C=O) groups excluding carboxylic acids is 1. The summed E-state index contributed by atoms with van der Waals surface area (Å²) in [4.78, 5) is 21.8. The van der Waals surface area contributed by atoms with Crippen LogP contribution >= 0.6 is 0 Å². The fourth-order valence-corrected chi connectivity index (χ4v) is 2.27. The summed E-state index contributed by atoms with van der Waals surface area (Å²) in [7, 11) is 0. The normalized spacial score (nSPS) is 16.1. The number of nitrogens with zero attached hydrogens (tertiary/aromatic N) is 3. The Hall–Kier alpha value is -2.05. The topological polar surface area (TPSA) is 73.8 Å². The van der Waals surface area contributed by atoms with E-state index >= 15 is 0 Å². The van der Waals surface area contributed by atoms with E-state index in [4.69, 9.17) is 14.2 Å². The molecule has 1 aliphatic rings. The second kappa shape index (κ2) is 7.48. The van der Waals surface area contributed by atoms with Gasteiger partial charge in [-0.2, -0.15) is 0 Å². The predicted molar refractivity (Wildman–Crippen MR) is 84.7 cm³/mol. The number of likely N-dealkylation sites (tertiary alicyclic amines) is 1. The molecule has 0 atom stereocenters. The highest BCUT2D eigenvalue weighted by atomic mass is 16.6. The first-order valence-electron chi connectivity index (χ1n) is 7.97. The van der Waals surface area contributed by atoms with Crippen molar-refractivity contribution < 1.29 is 19.0 Å². The number of aromatic nitrogens is 2. The van der Waals surface area contributed by atoms with Gasteiger partial charge >= 0.3 is 6.09 Å². The van der Waals surface area contributed by atoms with Gasteiger partial charge in [0.05, 0.1) is 12.7 Å². The van der Waals surface area contributed by atoms with Crippen LogP contribution in [0, 0.1) is 0 Å². The van der Waals surface area contributed by atoms with Gasteiger partial charge in [-0.25, -0.2) is 14.8 Å². The number of amides is 1. The Morgan fingerprint density at radius 3 is 2.52 bits per heavy atom. The Morgan fingerprint density at radius 1 is 1.26 bits per heavy atom. The van der Waals surface area contributed by atoms with Gasteiger partial charge in [0.1, 0.15) is 18.0 Å².